The molecule has 5 aliphatic rings. The topological polar surface area (TPSA) is 398 Å². The van der Waals surface area contributed by atoms with Crippen molar-refractivity contribution in [2.45, 2.75) is 167 Å². The predicted molar refractivity (Wildman–Crippen MR) is 168 cm³/mol. The summed E-state index contributed by atoms with van der Waals surface area (Å²) in [7, 11) is 0. The van der Waals surface area contributed by atoms with Gasteiger partial charge in [0.05, 0.1) is 44.1 Å². The molecule has 54 heavy (non-hydrogen) atoms. The first kappa shape index (κ1) is 44.1. The molecule has 0 radical (unpaired) electrons. The van der Waals surface area contributed by atoms with Gasteiger partial charge in [0.1, 0.15) is 97.7 Å². The molecule has 25 atom stereocenters. The normalized spacial score (nSPS) is 54.7. The molecule has 0 bridgehead atoms. The Hall–Kier alpha value is -0.960. The van der Waals surface area contributed by atoms with Crippen LogP contribution in [-0.2, 0) is 42.6 Å². The van der Waals surface area contributed by atoms with Crippen LogP contribution in [0.25, 0.3) is 0 Å². The van der Waals surface area contributed by atoms with E-state index in [0.29, 0.717) is 0 Å². The fraction of sp³-hybridized carbons (Fsp3) is 1.00. The minimum atomic E-state index is -1.95. The van der Waals surface area contributed by atoms with E-state index in [9.17, 15) is 66.4 Å². The van der Waals surface area contributed by atoms with Gasteiger partial charge in [0.2, 0.25) is 0 Å². The van der Waals surface area contributed by atoms with Crippen molar-refractivity contribution in [2.24, 2.45) is 11.5 Å². The number of nitrogens with two attached hydrogens (primary N) is 2. The third-order valence-electron chi connectivity index (χ3n) is 10.4. The molecule has 5 rings (SSSR count). The maximum absolute atomic E-state index is 11.1. The first-order valence-electron chi connectivity index (χ1n) is 17.5. The van der Waals surface area contributed by atoms with E-state index >= 15 is 0 Å². The average Bonchev–Trinajstić information content (AvgIpc) is 3.15. The van der Waals surface area contributed by atoms with Crippen molar-refractivity contribution in [2.75, 3.05) is 19.8 Å². The Bertz CT molecular complexity index is 1180. The molecule has 0 aromatic rings. The second-order valence-electron chi connectivity index (χ2n) is 14.1. The fourth-order valence-corrected chi connectivity index (χ4v) is 6.88. The number of aliphatic hydroxyl groups excluding tert-OH is 13. The maximum Gasteiger partial charge on any atom is 0.187 e. The molecule has 0 aromatic heterocycles. The smallest absolute Gasteiger partial charge is 0.187 e. The molecule has 5 fully saturated rings. The zero-order valence-electron chi connectivity index (χ0n) is 29.2. The molecule has 17 N–H and O–H groups in total. The lowest BCUT2D eigenvalue weighted by Gasteiger charge is -2.50. The SMILES string of the molecule is CC1O[C@H](O[C@H]2C(O[C@@H]3OC(CO)C(O)[C@H](O)C3OC3OC(C)[C@H](O)C(O)[C@@H]3O)C(CO)O[C@@H](OCC3O[C@@H](O)C(N)[C@@H](O)C3O)C2N)C(O)[C@H](O)C1O. The molecule has 5 aliphatic heterocycles. The summed E-state index contributed by atoms with van der Waals surface area (Å²) in [6.07, 6.45) is -37.7. The Morgan fingerprint density at radius 1 is 0.426 bits per heavy atom. The third kappa shape index (κ3) is 8.87. The molecular weight excluding hydrogens is 740 g/mol. The number of ether oxygens (including phenoxy) is 9. The lowest BCUT2D eigenvalue weighted by molar-refractivity contribution is -0.392. The van der Waals surface area contributed by atoms with Gasteiger partial charge in [-0.25, -0.2) is 0 Å². The highest BCUT2D eigenvalue weighted by atomic mass is 16.8. The highest BCUT2D eigenvalue weighted by molar-refractivity contribution is 4.99. The molecule has 5 saturated heterocycles. The van der Waals surface area contributed by atoms with Gasteiger partial charge in [0.25, 0.3) is 0 Å². The van der Waals surface area contributed by atoms with Gasteiger partial charge in [-0.15, -0.1) is 0 Å². The van der Waals surface area contributed by atoms with Crippen molar-refractivity contribution in [3.05, 3.63) is 0 Å². The van der Waals surface area contributed by atoms with Crippen molar-refractivity contribution in [3.8, 4) is 0 Å². The van der Waals surface area contributed by atoms with Crippen LogP contribution in [0.1, 0.15) is 13.8 Å². The molecule has 24 nitrogen and oxygen atoms in total. The largest absolute Gasteiger partial charge is 0.394 e. The first-order chi connectivity index (χ1) is 25.4. The van der Waals surface area contributed by atoms with E-state index in [4.69, 9.17) is 54.1 Å². The Morgan fingerprint density at radius 3 is 1.44 bits per heavy atom. The predicted octanol–water partition coefficient (Wildman–Crippen LogP) is -9.94. The average molecular weight is 795 g/mol. The number of hydrogen-bond acceptors (Lipinski definition) is 24. The van der Waals surface area contributed by atoms with Crippen LogP contribution < -0.4 is 11.5 Å². The molecule has 0 aliphatic carbocycles. The molecular formula is C30H54N2O22. The summed E-state index contributed by atoms with van der Waals surface area (Å²) in [6, 6.07) is -2.86. The standard InChI is InChI=1S/C30H54N2O22/c1-6-13(35)18(40)21(43)28(47-6)53-24-12(32)27(46-5-10-16(38)17(39)11(31)26(45)49-10)51-9(4-34)23(24)52-30-25(20(42)15(37)8(3-33)50-30)54-29-22(44)19(41)14(36)7(2)48-29/h6-30,33-45H,3-5,31-32H2,1-2H3/t6?,7?,8?,9?,10?,11?,12?,13?,14-,15?,16?,17+,18+,19?,20-,21?,22-,23?,24+,25?,26+,27+,28+,29?,30-/m0/s1. The van der Waals surface area contributed by atoms with E-state index in [1.807, 2.05) is 0 Å². The van der Waals surface area contributed by atoms with Gasteiger partial charge in [-0.3, -0.25) is 0 Å². The number of hydrogen-bond donors (Lipinski definition) is 15. The molecule has 15 unspecified atom stereocenters. The molecule has 0 spiro atoms. The molecule has 0 amide bonds. The monoisotopic (exact) mass is 794 g/mol. The summed E-state index contributed by atoms with van der Waals surface area (Å²) in [5, 5.41) is 136. The summed E-state index contributed by atoms with van der Waals surface area (Å²) >= 11 is 0. The van der Waals surface area contributed by atoms with Gasteiger partial charge < -0.3 is 120 Å². The maximum atomic E-state index is 11.1. The van der Waals surface area contributed by atoms with Crippen LogP contribution in [0.5, 0.6) is 0 Å². The van der Waals surface area contributed by atoms with Crippen LogP contribution in [0.15, 0.2) is 0 Å². The van der Waals surface area contributed by atoms with Crippen LogP contribution in [0.2, 0.25) is 0 Å². The highest BCUT2D eigenvalue weighted by Gasteiger charge is 2.56. The summed E-state index contributed by atoms with van der Waals surface area (Å²) in [5.41, 5.74) is 12.2. The zero-order valence-corrected chi connectivity index (χ0v) is 29.2. The Balaban J connectivity index is 1.43. The van der Waals surface area contributed by atoms with Crippen LogP contribution in [0.4, 0.5) is 0 Å². The molecule has 316 valence electrons. The summed E-state index contributed by atoms with van der Waals surface area (Å²) in [5.74, 6) is 0. The van der Waals surface area contributed by atoms with Gasteiger partial charge in [-0.1, -0.05) is 0 Å². The Kier molecular flexibility index (Phi) is 15.0. The van der Waals surface area contributed by atoms with Gasteiger partial charge >= 0.3 is 0 Å². The van der Waals surface area contributed by atoms with Crippen molar-refractivity contribution in [1.29, 1.82) is 0 Å². The second-order valence-corrected chi connectivity index (χ2v) is 14.1. The van der Waals surface area contributed by atoms with Crippen molar-refractivity contribution >= 4 is 0 Å². The van der Waals surface area contributed by atoms with Gasteiger partial charge in [0, 0.05) is 0 Å². The van der Waals surface area contributed by atoms with Crippen LogP contribution in [0.3, 0.4) is 0 Å². The Labute approximate surface area is 307 Å². The fourth-order valence-electron chi connectivity index (χ4n) is 6.88. The van der Waals surface area contributed by atoms with E-state index < -0.39 is 173 Å². The summed E-state index contributed by atoms with van der Waals surface area (Å²) in [4.78, 5) is 0. The summed E-state index contributed by atoms with van der Waals surface area (Å²) < 4.78 is 51.7. The lowest BCUT2D eigenvalue weighted by Crippen LogP contribution is -2.69. The van der Waals surface area contributed by atoms with E-state index in [-0.39, 0.29) is 0 Å². The van der Waals surface area contributed by atoms with Gasteiger partial charge in [-0.05, 0) is 13.8 Å². The van der Waals surface area contributed by atoms with E-state index in [2.05, 4.69) is 0 Å². The van der Waals surface area contributed by atoms with Crippen LogP contribution >= 0.6 is 0 Å². The van der Waals surface area contributed by atoms with Crippen molar-refractivity contribution in [3.63, 3.8) is 0 Å². The van der Waals surface area contributed by atoms with Crippen molar-refractivity contribution in [1.82, 2.24) is 0 Å². The highest BCUT2D eigenvalue weighted by Crippen LogP contribution is 2.35. The summed E-state index contributed by atoms with van der Waals surface area (Å²) in [6.45, 7) is 0.391. The first-order valence-corrected chi connectivity index (χ1v) is 17.5. The minimum Gasteiger partial charge on any atom is -0.394 e. The Morgan fingerprint density at radius 2 is 0.907 bits per heavy atom. The quantitative estimate of drug-likeness (QED) is 0.0923. The van der Waals surface area contributed by atoms with E-state index in [0.717, 1.165) is 0 Å². The van der Waals surface area contributed by atoms with Gasteiger partial charge in [-0.2, -0.15) is 0 Å². The molecule has 24 heteroatoms. The third-order valence-corrected chi connectivity index (χ3v) is 10.4. The molecule has 0 saturated carbocycles. The van der Waals surface area contributed by atoms with Crippen LogP contribution in [0, 0.1) is 0 Å². The minimum absolute atomic E-state index is 0.589. The van der Waals surface area contributed by atoms with Crippen molar-refractivity contribution < 1.29 is 109 Å². The zero-order chi connectivity index (χ0) is 39.9. The van der Waals surface area contributed by atoms with E-state index in [1.165, 1.54) is 13.8 Å². The van der Waals surface area contributed by atoms with Gasteiger partial charge in [0.15, 0.2) is 31.5 Å². The van der Waals surface area contributed by atoms with Crippen LogP contribution in [-0.4, -0.2) is 240 Å². The number of rotatable bonds is 11. The number of aliphatic hydroxyl groups is 13. The molecule has 0 aromatic carbocycles. The lowest BCUT2D eigenvalue weighted by atomic mass is 9.94. The second kappa shape index (κ2) is 18.3. The van der Waals surface area contributed by atoms with E-state index in [1.54, 1.807) is 0 Å². The molecule has 5 heterocycles.